The van der Waals surface area contributed by atoms with Crippen LogP contribution in [0.15, 0.2) is 17.2 Å². The highest BCUT2D eigenvalue weighted by molar-refractivity contribution is 6.17. The third-order valence-corrected chi connectivity index (χ3v) is 2.48. The fourth-order valence-electron chi connectivity index (χ4n) is 1.46. The maximum absolute atomic E-state index is 12.1. The van der Waals surface area contributed by atoms with Crippen molar-refractivity contribution in [2.24, 2.45) is 0 Å². The second-order valence-electron chi connectivity index (χ2n) is 4.85. The molecule has 6 heteroatoms. The lowest BCUT2D eigenvalue weighted by atomic mass is 10.1. The first-order valence-corrected chi connectivity index (χ1v) is 6.46. The largest absolute Gasteiger partial charge is 0.378 e. The molecule has 0 bridgehead atoms. The summed E-state index contributed by atoms with van der Waals surface area (Å²) >= 11 is 5.48. The number of alkyl halides is 1. The Morgan fingerprint density at radius 2 is 2.17 bits per heavy atom. The van der Waals surface area contributed by atoms with Crippen molar-refractivity contribution in [3.63, 3.8) is 0 Å². The molecule has 102 valence electrons. The Morgan fingerprint density at radius 1 is 1.44 bits per heavy atom. The molecule has 0 amide bonds. The SMILES string of the molecule is CC(C)(C)n1ccnc(NCCOCCCl)c1=O. The van der Waals surface area contributed by atoms with Gasteiger partial charge in [0.05, 0.1) is 13.2 Å². The average molecular weight is 274 g/mol. The summed E-state index contributed by atoms with van der Waals surface area (Å²) in [7, 11) is 0. The first-order valence-electron chi connectivity index (χ1n) is 5.92. The predicted molar refractivity (Wildman–Crippen MR) is 73.5 cm³/mol. The Balaban J connectivity index is 2.65. The molecule has 18 heavy (non-hydrogen) atoms. The van der Waals surface area contributed by atoms with Gasteiger partial charge in [0.1, 0.15) is 0 Å². The summed E-state index contributed by atoms with van der Waals surface area (Å²) in [5.41, 5.74) is -0.381. The molecule has 1 aromatic rings. The van der Waals surface area contributed by atoms with Gasteiger partial charge in [-0.05, 0) is 20.8 Å². The number of ether oxygens (including phenoxy) is 1. The van der Waals surface area contributed by atoms with Crippen molar-refractivity contribution >= 4 is 17.4 Å². The molecule has 0 radical (unpaired) electrons. The molecule has 1 aromatic heterocycles. The molecular weight excluding hydrogens is 254 g/mol. The highest BCUT2D eigenvalue weighted by Crippen LogP contribution is 2.10. The summed E-state index contributed by atoms with van der Waals surface area (Å²) in [6, 6.07) is 0. The highest BCUT2D eigenvalue weighted by atomic mass is 35.5. The number of rotatable bonds is 6. The van der Waals surface area contributed by atoms with Crippen LogP contribution in [0.3, 0.4) is 0 Å². The molecule has 1 rings (SSSR count). The molecule has 0 atom stereocenters. The van der Waals surface area contributed by atoms with Gasteiger partial charge in [-0.3, -0.25) is 4.79 Å². The molecule has 0 aliphatic heterocycles. The lowest BCUT2D eigenvalue weighted by Gasteiger charge is -2.22. The predicted octanol–water partition coefficient (Wildman–Crippen LogP) is 1.67. The minimum atomic E-state index is -0.258. The van der Waals surface area contributed by atoms with Crippen LogP contribution in [-0.2, 0) is 10.3 Å². The van der Waals surface area contributed by atoms with Gasteiger partial charge in [0.2, 0.25) is 0 Å². The van der Waals surface area contributed by atoms with Gasteiger partial charge in [-0.1, -0.05) is 0 Å². The van der Waals surface area contributed by atoms with E-state index >= 15 is 0 Å². The summed E-state index contributed by atoms with van der Waals surface area (Å²) < 4.78 is 6.87. The fraction of sp³-hybridized carbons (Fsp3) is 0.667. The lowest BCUT2D eigenvalue weighted by molar-refractivity contribution is 0.160. The molecule has 0 fully saturated rings. The van der Waals surface area contributed by atoms with Crippen molar-refractivity contribution < 1.29 is 4.74 Å². The Bertz CT molecular complexity index is 426. The topological polar surface area (TPSA) is 56.1 Å². The van der Waals surface area contributed by atoms with Crippen LogP contribution < -0.4 is 10.9 Å². The van der Waals surface area contributed by atoms with E-state index in [9.17, 15) is 4.79 Å². The first kappa shape index (κ1) is 15.0. The van der Waals surface area contributed by atoms with Crippen LogP contribution in [0.1, 0.15) is 20.8 Å². The van der Waals surface area contributed by atoms with Crippen LogP contribution >= 0.6 is 11.6 Å². The van der Waals surface area contributed by atoms with E-state index in [0.717, 1.165) is 0 Å². The van der Waals surface area contributed by atoms with Crippen LogP contribution in [0.2, 0.25) is 0 Å². The van der Waals surface area contributed by atoms with Crippen LogP contribution in [0.4, 0.5) is 5.82 Å². The van der Waals surface area contributed by atoms with Gasteiger partial charge < -0.3 is 14.6 Å². The van der Waals surface area contributed by atoms with Crippen LogP contribution in [0.25, 0.3) is 0 Å². The standard InChI is InChI=1S/C12H20ClN3O2/c1-12(2,3)16-7-5-14-10(11(16)17)15-6-9-18-8-4-13/h5,7H,4,6,8-9H2,1-3H3,(H,14,15). The molecule has 0 saturated carbocycles. The lowest BCUT2D eigenvalue weighted by Crippen LogP contribution is -2.35. The summed E-state index contributed by atoms with van der Waals surface area (Å²) in [6.07, 6.45) is 3.31. The van der Waals surface area contributed by atoms with E-state index in [4.69, 9.17) is 16.3 Å². The first-order chi connectivity index (χ1) is 8.46. The maximum Gasteiger partial charge on any atom is 0.293 e. The monoisotopic (exact) mass is 273 g/mol. The molecule has 1 N–H and O–H groups in total. The fourth-order valence-corrected chi connectivity index (χ4v) is 1.57. The number of anilines is 1. The van der Waals surface area contributed by atoms with Gasteiger partial charge in [-0.15, -0.1) is 11.6 Å². The molecule has 0 aliphatic carbocycles. The normalized spacial score (nSPS) is 11.6. The molecule has 0 aliphatic rings. The van der Waals surface area contributed by atoms with E-state index < -0.39 is 0 Å². The quantitative estimate of drug-likeness (QED) is 0.633. The summed E-state index contributed by atoms with van der Waals surface area (Å²) in [5.74, 6) is 0.822. The van der Waals surface area contributed by atoms with Gasteiger partial charge in [0.15, 0.2) is 5.82 Å². The van der Waals surface area contributed by atoms with E-state index in [1.165, 1.54) is 0 Å². The molecule has 0 unspecified atom stereocenters. The van der Waals surface area contributed by atoms with Crippen molar-refractivity contribution in [3.05, 3.63) is 22.7 Å². The number of halogens is 1. The van der Waals surface area contributed by atoms with Gasteiger partial charge >= 0.3 is 0 Å². The van der Waals surface area contributed by atoms with Gasteiger partial charge in [0.25, 0.3) is 5.56 Å². The van der Waals surface area contributed by atoms with E-state index in [2.05, 4.69) is 10.3 Å². The third-order valence-electron chi connectivity index (χ3n) is 2.32. The number of nitrogens with one attached hydrogen (secondary N) is 1. The molecule has 5 nitrogen and oxygen atoms in total. The minimum Gasteiger partial charge on any atom is -0.378 e. The number of aromatic nitrogens is 2. The van der Waals surface area contributed by atoms with Crippen molar-refractivity contribution in [2.45, 2.75) is 26.3 Å². The van der Waals surface area contributed by atoms with Gasteiger partial charge in [-0.2, -0.15) is 0 Å². The molecule has 0 spiro atoms. The molecular formula is C12H20ClN3O2. The highest BCUT2D eigenvalue weighted by Gasteiger charge is 2.16. The Kier molecular flexibility index (Phi) is 5.62. The average Bonchev–Trinajstić information content (AvgIpc) is 2.29. The number of hydrogen-bond acceptors (Lipinski definition) is 4. The molecule has 0 aromatic carbocycles. The summed E-state index contributed by atoms with van der Waals surface area (Å²) in [6.45, 7) is 7.47. The third kappa shape index (κ3) is 4.31. The molecule has 1 heterocycles. The second kappa shape index (κ2) is 6.75. The smallest absolute Gasteiger partial charge is 0.293 e. The number of hydrogen-bond donors (Lipinski definition) is 1. The Labute approximate surface area is 112 Å². The number of nitrogens with zero attached hydrogens (tertiary/aromatic N) is 2. The maximum atomic E-state index is 12.1. The van der Waals surface area contributed by atoms with E-state index in [-0.39, 0.29) is 11.1 Å². The summed E-state index contributed by atoms with van der Waals surface area (Å²) in [5, 5.41) is 2.97. The van der Waals surface area contributed by atoms with Crippen LogP contribution in [0.5, 0.6) is 0 Å². The van der Waals surface area contributed by atoms with E-state index in [0.29, 0.717) is 31.5 Å². The van der Waals surface area contributed by atoms with Gasteiger partial charge in [-0.25, -0.2) is 4.98 Å². The van der Waals surface area contributed by atoms with Crippen molar-refractivity contribution in [1.29, 1.82) is 0 Å². The second-order valence-corrected chi connectivity index (χ2v) is 5.23. The van der Waals surface area contributed by atoms with Crippen LogP contribution in [0, 0.1) is 0 Å². The van der Waals surface area contributed by atoms with Crippen molar-refractivity contribution in [1.82, 2.24) is 9.55 Å². The van der Waals surface area contributed by atoms with Gasteiger partial charge in [0, 0.05) is 30.4 Å². The van der Waals surface area contributed by atoms with E-state index in [1.54, 1.807) is 17.0 Å². The van der Waals surface area contributed by atoms with Crippen molar-refractivity contribution in [3.8, 4) is 0 Å². The minimum absolute atomic E-state index is 0.123. The Morgan fingerprint density at radius 3 is 2.78 bits per heavy atom. The van der Waals surface area contributed by atoms with E-state index in [1.807, 2.05) is 20.8 Å². The summed E-state index contributed by atoms with van der Waals surface area (Å²) in [4.78, 5) is 16.2. The van der Waals surface area contributed by atoms with Crippen LogP contribution in [-0.4, -0.2) is 35.2 Å². The zero-order valence-electron chi connectivity index (χ0n) is 11.1. The zero-order chi connectivity index (χ0) is 13.6. The molecule has 0 saturated heterocycles. The Hall–Kier alpha value is -1.07. The zero-order valence-corrected chi connectivity index (χ0v) is 11.8. The van der Waals surface area contributed by atoms with Crippen molar-refractivity contribution in [2.75, 3.05) is 31.0 Å².